The number of piperidine rings is 1. The molecule has 2 rings (SSSR count). The van der Waals surface area contributed by atoms with E-state index in [1.807, 2.05) is 0 Å². The van der Waals surface area contributed by atoms with E-state index in [9.17, 15) is 14.0 Å². The van der Waals surface area contributed by atoms with Gasteiger partial charge < -0.3 is 10.2 Å². The van der Waals surface area contributed by atoms with E-state index < -0.39 is 0 Å². The quantitative estimate of drug-likeness (QED) is 0.868. The fourth-order valence-corrected chi connectivity index (χ4v) is 2.44. The zero-order valence-electron chi connectivity index (χ0n) is 12.8. The van der Waals surface area contributed by atoms with Crippen molar-refractivity contribution in [3.63, 3.8) is 0 Å². The molecule has 1 aromatic rings. The molecule has 0 aromatic heterocycles. The topological polar surface area (TPSA) is 49.4 Å². The number of nitrogens with one attached hydrogen (secondary N) is 1. The van der Waals surface area contributed by atoms with Crippen molar-refractivity contribution in [1.29, 1.82) is 0 Å². The number of hydrogen-bond donors (Lipinski definition) is 1. The van der Waals surface area contributed by atoms with Crippen LogP contribution in [0, 0.1) is 5.82 Å². The molecule has 22 heavy (non-hydrogen) atoms. The highest BCUT2D eigenvalue weighted by molar-refractivity contribution is 5.99. The van der Waals surface area contributed by atoms with Crippen LogP contribution in [0.4, 0.5) is 4.39 Å². The van der Waals surface area contributed by atoms with Gasteiger partial charge in [0.1, 0.15) is 5.82 Å². The van der Waals surface area contributed by atoms with Gasteiger partial charge in [-0.25, -0.2) is 4.39 Å². The fourth-order valence-electron chi connectivity index (χ4n) is 2.44. The van der Waals surface area contributed by atoms with Crippen LogP contribution in [0.2, 0.25) is 0 Å². The number of halogens is 1. The summed E-state index contributed by atoms with van der Waals surface area (Å²) in [5.41, 5.74) is 0.731. The highest BCUT2D eigenvalue weighted by atomic mass is 19.1. The van der Waals surface area contributed by atoms with Crippen molar-refractivity contribution < 1.29 is 14.0 Å². The molecule has 0 bridgehead atoms. The second-order valence-corrected chi connectivity index (χ2v) is 5.47. The van der Waals surface area contributed by atoms with Crippen LogP contribution in [0.1, 0.15) is 31.7 Å². The Morgan fingerprint density at radius 3 is 2.59 bits per heavy atom. The predicted octanol–water partition coefficient (Wildman–Crippen LogP) is 2.36. The van der Waals surface area contributed by atoms with Gasteiger partial charge in [0.2, 0.25) is 11.8 Å². The SMILES string of the molecule is C/C(=C\c1ccccc1F)C(=O)NCC(=O)N1CCCCC1. The Bertz CT molecular complexity index is 578. The maximum Gasteiger partial charge on any atom is 0.247 e. The molecule has 0 aliphatic carbocycles. The summed E-state index contributed by atoms with van der Waals surface area (Å²) in [6.07, 6.45) is 4.68. The summed E-state index contributed by atoms with van der Waals surface area (Å²) >= 11 is 0. The van der Waals surface area contributed by atoms with Crippen molar-refractivity contribution in [2.45, 2.75) is 26.2 Å². The van der Waals surface area contributed by atoms with Gasteiger partial charge in [0.25, 0.3) is 0 Å². The second-order valence-electron chi connectivity index (χ2n) is 5.47. The maximum atomic E-state index is 13.5. The lowest BCUT2D eigenvalue weighted by Gasteiger charge is -2.26. The van der Waals surface area contributed by atoms with Gasteiger partial charge in [0, 0.05) is 24.2 Å². The monoisotopic (exact) mass is 304 g/mol. The minimum absolute atomic E-state index is 0.0126. The van der Waals surface area contributed by atoms with Crippen molar-refractivity contribution >= 4 is 17.9 Å². The Hall–Kier alpha value is -2.17. The zero-order chi connectivity index (χ0) is 15.9. The van der Waals surface area contributed by atoms with Gasteiger partial charge in [0.15, 0.2) is 0 Å². The minimum Gasteiger partial charge on any atom is -0.343 e. The van der Waals surface area contributed by atoms with Crippen LogP contribution < -0.4 is 5.32 Å². The van der Waals surface area contributed by atoms with E-state index in [4.69, 9.17) is 0 Å². The van der Waals surface area contributed by atoms with Crippen LogP contribution in [0.3, 0.4) is 0 Å². The number of benzene rings is 1. The molecule has 4 nitrogen and oxygen atoms in total. The first-order valence-corrected chi connectivity index (χ1v) is 7.57. The van der Waals surface area contributed by atoms with Crippen LogP contribution in [0.5, 0.6) is 0 Å². The fraction of sp³-hybridized carbons (Fsp3) is 0.412. The molecule has 1 aliphatic heterocycles. The average molecular weight is 304 g/mol. The summed E-state index contributed by atoms with van der Waals surface area (Å²) in [6, 6.07) is 6.25. The molecule has 1 saturated heterocycles. The average Bonchev–Trinajstić information content (AvgIpc) is 2.55. The summed E-state index contributed by atoms with van der Waals surface area (Å²) in [6.45, 7) is 3.12. The van der Waals surface area contributed by atoms with E-state index >= 15 is 0 Å². The minimum atomic E-state index is -0.376. The summed E-state index contributed by atoms with van der Waals surface area (Å²) in [5, 5.41) is 2.60. The third-order valence-electron chi connectivity index (χ3n) is 3.74. The molecule has 0 spiro atoms. The Labute approximate surface area is 130 Å². The largest absolute Gasteiger partial charge is 0.343 e. The zero-order valence-corrected chi connectivity index (χ0v) is 12.8. The highest BCUT2D eigenvalue weighted by Gasteiger charge is 2.17. The molecule has 1 aromatic carbocycles. The number of hydrogen-bond acceptors (Lipinski definition) is 2. The van der Waals surface area contributed by atoms with Gasteiger partial charge >= 0.3 is 0 Å². The van der Waals surface area contributed by atoms with Crippen molar-refractivity contribution in [3.05, 3.63) is 41.2 Å². The van der Waals surface area contributed by atoms with Crippen LogP contribution in [-0.2, 0) is 9.59 Å². The lowest BCUT2D eigenvalue weighted by Crippen LogP contribution is -2.42. The third kappa shape index (κ3) is 4.41. The Kier molecular flexibility index (Phi) is 5.69. The summed E-state index contributed by atoms with van der Waals surface area (Å²) in [7, 11) is 0. The molecule has 0 atom stereocenters. The van der Waals surface area contributed by atoms with Crippen molar-refractivity contribution in [1.82, 2.24) is 10.2 Å². The summed E-state index contributed by atoms with van der Waals surface area (Å²) in [5.74, 6) is -0.792. The smallest absolute Gasteiger partial charge is 0.247 e. The molecule has 0 radical (unpaired) electrons. The van der Waals surface area contributed by atoms with Crippen LogP contribution in [0.25, 0.3) is 6.08 Å². The molecule has 0 saturated carbocycles. The lowest BCUT2D eigenvalue weighted by atomic mass is 10.1. The van der Waals surface area contributed by atoms with E-state index in [1.54, 1.807) is 30.0 Å². The molecule has 1 fully saturated rings. The number of carbonyl (C=O) groups excluding carboxylic acids is 2. The van der Waals surface area contributed by atoms with Crippen molar-refractivity contribution in [3.8, 4) is 0 Å². The first kappa shape index (κ1) is 16.2. The van der Waals surface area contributed by atoms with E-state index in [-0.39, 0.29) is 24.2 Å². The first-order valence-electron chi connectivity index (χ1n) is 7.57. The highest BCUT2D eigenvalue weighted by Crippen LogP contribution is 2.11. The number of rotatable bonds is 4. The number of carbonyl (C=O) groups is 2. The van der Waals surface area contributed by atoms with Gasteiger partial charge in [-0.1, -0.05) is 18.2 Å². The van der Waals surface area contributed by atoms with E-state index in [1.165, 1.54) is 12.1 Å². The molecular weight excluding hydrogens is 283 g/mol. The molecule has 0 unspecified atom stereocenters. The molecule has 1 aliphatic rings. The van der Waals surface area contributed by atoms with E-state index in [0.717, 1.165) is 32.4 Å². The molecule has 118 valence electrons. The molecular formula is C17H21FN2O2. The Morgan fingerprint density at radius 1 is 1.23 bits per heavy atom. The van der Waals surface area contributed by atoms with E-state index in [2.05, 4.69) is 5.32 Å². The molecule has 1 heterocycles. The number of amides is 2. The van der Waals surface area contributed by atoms with Gasteiger partial charge in [-0.15, -0.1) is 0 Å². The van der Waals surface area contributed by atoms with Crippen LogP contribution >= 0.6 is 0 Å². The van der Waals surface area contributed by atoms with Gasteiger partial charge in [-0.05, 0) is 38.3 Å². The van der Waals surface area contributed by atoms with Gasteiger partial charge in [-0.2, -0.15) is 0 Å². The molecule has 2 amide bonds. The van der Waals surface area contributed by atoms with Crippen molar-refractivity contribution in [2.75, 3.05) is 19.6 Å². The van der Waals surface area contributed by atoms with Crippen molar-refractivity contribution in [2.24, 2.45) is 0 Å². The standard InChI is InChI=1S/C17H21FN2O2/c1-13(11-14-7-3-4-8-15(14)18)17(22)19-12-16(21)20-9-5-2-6-10-20/h3-4,7-8,11H,2,5-6,9-10,12H2,1H3,(H,19,22)/b13-11+. The molecule has 1 N–H and O–H groups in total. The maximum absolute atomic E-state index is 13.5. The third-order valence-corrected chi connectivity index (χ3v) is 3.74. The summed E-state index contributed by atoms with van der Waals surface area (Å²) in [4.78, 5) is 25.7. The number of likely N-dealkylation sites (tertiary alicyclic amines) is 1. The van der Waals surface area contributed by atoms with Gasteiger partial charge in [0.05, 0.1) is 6.54 Å². The first-order chi connectivity index (χ1) is 10.6. The number of nitrogens with zero attached hydrogens (tertiary/aromatic N) is 1. The second kappa shape index (κ2) is 7.73. The normalized spacial score (nSPS) is 15.5. The lowest BCUT2D eigenvalue weighted by molar-refractivity contribution is -0.132. The predicted molar refractivity (Wildman–Crippen MR) is 83.5 cm³/mol. The Balaban J connectivity index is 1.88. The van der Waals surface area contributed by atoms with Crippen LogP contribution in [-0.4, -0.2) is 36.3 Å². The van der Waals surface area contributed by atoms with Gasteiger partial charge in [-0.3, -0.25) is 9.59 Å². The Morgan fingerprint density at radius 2 is 1.91 bits per heavy atom. The molecule has 5 heteroatoms. The summed E-state index contributed by atoms with van der Waals surface area (Å²) < 4.78 is 13.5. The van der Waals surface area contributed by atoms with E-state index in [0.29, 0.717) is 11.1 Å². The van der Waals surface area contributed by atoms with Crippen LogP contribution in [0.15, 0.2) is 29.8 Å².